The highest BCUT2D eigenvalue weighted by Gasteiger charge is 2.09. The van der Waals surface area contributed by atoms with E-state index < -0.39 is 0 Å². The Bertz CT molecular complexity index is 809. The van der Waals surface area contributed by atoms with Crippen LogP contribution in [0, 0.1) is 0 Å². The Morgan fingerprint density at radius 1 is 1.14 bits per heavy atom. The first-order valence-electron chi connectivity index (χ1n) is 6.80. The van der Waals surface area contributed by atoms with Crippen LogP contribution in [0.1, 0.15) is 11.1 Å². The van der Waals surface area contributed by atoms with Crippen LogP contribution in [0.2, 0.25) is 5.02 Å². The van der Waals surface area contributed by atoms with E-state index in [2.05, 4.69) is 9.55 Å². The van der Waals surface area contributed by atoms with Gasteiger partial charge in [-0.25, -0.2) is 4.98 Å². The van der Waals surface area contributed by atoms with E-state index in [0.717, 1.165) is 22.5 Å². The van der Waals surface area contributed by atoms with Crippen LogP contribution in [-0.2, 0) is 6.54 Å². The molecule has 0 aliphatic rings. The molecule has 0 radical (unpaired) electrons. The van der Waals surface area contributed by atoms with Gasteiger partial charge in [-0.1, -0.05) is 48.1 Å². The Morgan fingerprint density at radius 2 is 1.86 bits per heavy atom. The summed E-state index contributed by atoms with van der Waals surface area (Å²) in [6.45, 7) is 0.658. The molecule has 3 nitrogen and oxygen atoms in total. The number of aromatic nitrogens is 2. The van der Waals surface area contributed by atoms with Crippen molar-refractivity contribution in [3.8, 4) is 11.4 Å². The molecular formula is C17H14ClN3S. The summed E-state index contributed by atoms with van der Waals surface area (Å²) < 4.78 is 2.07. The number of halogens is 1. The fourth-order valence-electron chi connectivity index (χ4n) is 2.38. The number of hydrogen-bond acceptors (Lipinski definition) is 2. The summed E-state index contributed by atoms with van der Waals surface area (Å²) in [6.07, 6.45) is 3.73. The van der Waals surface area contributed by atoms with Gasteiger partial charge in [0.25, 0.3) is 0 Å². The average molecular weight is 328 g/mol. The predicted molar refractivity (Wildman–Crippen MR) is 94.1 cm³/mol. The quantitative estimate of drug-likeness (QED) is 0.739. The van der Waals surface area contributed by atoms with Gasteiger partial charge in [0.1, 0.15) is 10.8 Å². The molecular weight excluding hydrogens is 314 g/mol. The van der Waals surface area contributed by atoms with Gasteiger partial charge in [-0.15, -0.1) is 0 Å². The Kier molecular flexibility index (Phi) is 4.22. The molecule has 0 saturated carbocycles. The molecule has 0 unspecified atom stereocenters. The van der Waals surface area contributed by atoms with Crippen molar-refractivity contribution in [1.82, 2.24) is 9.55 Å². The van der Waals surface area contributed by atoms with Crippen LogP contribution in [0.5, 0.6) is 0 Å². The lowest BCUT2D eigenvalue weighted by Crippen LogP contribution is -2.14. The number of hydrogen-bond donors (Lipinski definition) is 1. The maximum absolute atomic E-state index is 5.94. The summed E-state index contributed by atoms with van der Waals surface area (Å²) in [6, 6.07) is 15.5. The molecule has 0 saturated heterocycles. The zero-order valence-electron chi connectivity index (χ0n) is 11.7. The number of nitrogens with two attached hydrogens (primary N) is 1. The fraction of sp³-hybridized carbons (Fsp3) is 0.0588. The molecule has 3 aromatic rings. The first-order valence-corrected chi connectivity index (χ1v) is 7.58. The second-order valence-electron chi connectivity index (χ2n) is 4.91. The lowest BCUT2D eigenvalue weighted by molar-refractivity contribution is 0.806. The van der Waals surface area contributed by atoms with E-state index in [0.29, 0.717) is 16.6 Å². The molecule has 3 rings (SSSR count). The zero-order valence-corrected chi connectivity index (χ0v) is 13.3. The SMILES string of the molecule is NC(=S)c1ccccc1Cn1ccnc1-c1ccc(Cl)cc1. The Morgan fingerprint density at radius 3 is 2.59 bits per heavy atom. The first kappa shape index (κ1) is 14.8. The lowest BCUT2D eigenvalue weighted by atomic mass is 10.1. The number of imidazole rings is 1. The second kappa shape index (κ2) is 6.30. The molecule has 0 amide bonds. The Hall–Kier alpha value is -2.17. The monoisotopic (exact) mass is 327 g/mol. The van der Waals surface area contributed by atoms with Crippen molar-refractivity contribution >= 4 is 28.8 Å². The van der Waals surface area contributed by atoms with Crippen molar-refractivity contribution in [2.75, 3.05) is 0 Å². The molecule has 0 atom stereocenters. The van der Waals surface area contributed by atoms with Crippen molar-refractivity contribution in [3.05, 3.63) is 77.1 Å². The van der Waals surface area contributed by atoms with Gasteiger partial charge in [0.05, 0.1) is 0 Å². The first-order chi connectivity index (χ1) is 10.6. The van der Waals surface area contributed by atoms with Crippen molar-refractivity contribution in [2.45, 2.75) is 6.54 Å². The van der Waals surface area contributed by atoms with E-state index in [4.69, 9.17) is 29.6 Å². The van der Waals surface area contributed by atoms with E-state index in [-0.39, 0.29) is 0 Å². The molecule has 0 spiro atoms. The maximum Gasteiger partial charge on any atom is 0.140 e. The smallest absolute Gasteiger partial charge is 0.140 e. The number of nitrogens with zero attached hydrogens (tertiary/aromatic N) is 2. The van der Waals surface area contributed by atoms with E-state index in [1.807, 2.05) is 54.7 Å². The van der Waals surface area contributed by atoms with Gasteiger partial charge in [0, 0.05) is 35.1 Å². The third kappa shape index (κ3) is 3.03. The molecule has 5 heteroatoms. The number of benzene rings is 2. The van der Waals surface area contributed by atoms with Crippen molar-refractivity contribution in [2.24, 2.45) is 5.73 Å². The van der Waals surface area contributed by atoms with Crippen molar-refractivity contribution in [3.63, 3.8) is 0 Å². The fourth-order valence-corrected chi connectivity index (χ4v) is 2.70. The normalized spacial score (nSPS) is 10.6. The van der Waals surface area contributed by atoms with E-state index >= 15 is 0 Å². The average Bonchev–Trinajstić information content (AvgIpc) is 2.96. The Balaban J connectivity index is 1.97. The summed E-state index contributed by atoms with van der Waals surface area (Å²) >= 11 is 11.1. The van der Waals surface area contributed by atoms with Crippen molar-refractivity contribution < 1.29 is 0 Å². The van der Waals surface area contributed by atoms with Crippen LogP contribution < -0.4 is 5.73 Å². The van der Waals surface area contributed by atoms with E-state index in [1.54, 1.807) is 6.20 Å². The third-order valence-electron chi connectivity index (χ3n) is 3.44. The van der Waals surface area contributed by atoms with Gasteiger partial charge in [0.15, 0.2) is 0 Å². The molecule has 0 bridgehead atoms. The zero-order chi connectivity index (χ0) is 15.5. The molecule has 1 aromatic heterocycles. The van der Waals surface area contributed by atoms with Crippen LogP contribution in [0.15, 0.2) is 60.9 Å². The number of rotatable bonds is 4. The molecule has 0 aliphatic heterocycles. The molecule has 0 fully saturated rings. The van der Waals surface area contributed by atoms with Gasteiger partial charge in [-0.2, -0.15) is 0 Å². The Labute approximate surface area is 139 Å². The minimum absolute atomic E-state index is 0.406. The van der Waals surface area contributed by atoms with Crippen LogP contribution in [0.4, 0.5) is 0 Å². The number of thiocarbonyl (C=S) groups is 1. The van der Waals surface area contributed by atoms with E-state index in [9.17, 15) is 0 Å². The standard InChI is InChI=1S/C17H14ClN3S/c18-14-7-5-12(6-8-14)17-20-9-10-21(17)11-13-3-1-2-4-15(13)16(19)22/h1-10H,11H2,(H2,19,22). The minimum Gasteiger partial charge on any atom is -0.389 e. The van der Waals surface area contributed by atoms with Crippen LogP contribution in [0.25, 0.3) is 11.4 Å². The molecule has 22 heavy (non-hydrogen) atoms. The lowest BCUT2D eigenvalue weighted by Gasteiger charge is -2.11. The maximum atomic E-state index is 5.94. The topological polar surface area (TPSA) is 43.8 Å². The van der Waals surface area contributed by atoms with E-state index in [1.165, 1.54) is 0 Å². The van der Waals surface area contributed by atoms with Gasteiger partial charge < -0.3 is 10.3 Å². The summed E-state index contributed by atoms with van der Waals surface area (Å²) in [4.78, 5) is 4.85. The third-order valence-corrected chi connectivity index (χ3v) is 3.91. The molecule has 2 aromatic carbocycles. The highest BCUT2D eigenvalue weighted by atomic mass is 35.5. The predicted octanol–water partition coefficient (Wildman–Crippen LogP) is 3.89. The van der Waals surface area contributed by atoms with Gasteiger partial charge >= 0.3 is 0 Å². The van der Waals surface area contributed by atoms with Gasteiger partial charge in [-0.05, 0) is 29.8 Å². The van der Waals surface area contributed by atoms with Crippen molar-refractivity contribution in [1.29, 1.82) is 0 Å². The highest BCUT2D eigenvalue weighted by Crippen LogP contribution is 2.21. The minimum atomic E-state index is 0.406. The molecule has 2 N–H and O–H groups in total. The van der Waals surface area contributed by atoms with Gasteiger partial charge in [-0.3, -0.25) is 0 Å². The second-order valence-corrected chi connectivity index (χ2v) is 5.78. The van der Waals surface area contributed by atoms with Crippen LogP contribution >= 0.6 is 23.8 Å². The molecule has 0 aliphatic carbocycles. The van der Waals surface area contributed by atoms with Crippen LogP contribution in [0.3, 0.4) is 0 Å². The molecule has 1 heterocycles. The van der Waals surface area contributed by atoms with Gasteiger partial charge in [0.2, 0.25) is 0 Å². The summed E-state index contributed by atoms with van der Waals surface area (Å²) in [5, 5.41) is 0.709. The van der Waals surface area contributed by atoms with Crippen LogP contribution in [-0.4, -0.2) is 14.5 Å². The summed E-state index contributed by atoms with van der Waals surface area (Å²) in [5.74, 6) is 0.884. The molecule has 110 valence electrons. The summed E-state index contributed by atoms with van der Waals surface area (Å²) in [5.41, 5.74) is 8.79. The highest BCUT2D eigenvalue weighted by molar-refractivity contribution is 7.80. The summed E-state index contributed by atoms with van der Waals surface area (Å²) in [7, 11) is 0. The largest absolute Gasteiger partial charge is 0.389 e.